The molecule has 3 aromatic rings. The molecule has 1 aliphatic heterocycles. The van der Waals surface area contributed by atoms with Crippen molar-refractivity contribution in [2.45, 2.75) is 38.9 Å². The minimum atomic E-state index is -2.18. The summed E-state index contributed by atoms with van der Waals surface area (Å²) in [5.74, 6) is -2.33. The van der Waals surface area contributed by atoms with Gasteiger partial charge >= 0.3 is 5.97 Å². The number of hydrogen-bond donors (Lipinski definition) is 1. The van der Waals surface area contributed by atoms with Crippen LogP contribution in [0, 0.1) is 13.8 Å². The lowest BCUT2D eigenvalue weighted by Crippen LogP contribution is -2.35. The van der Waals surface area contributed by atoms with E-state index in [1.165, 1.54) is 0 Å². The normalized spacial score (nSPS) is 16.3. The minimum Gasteiger partial charge on any atom is -0.481 e. The highest BCUT2D eigenvalue weighted by molar-refractivity contribution is 6.30. The number of alkyl halides is 1. The summed E-state index contributed by atoms with van der Waals surface area (Å²) in [4.78, 5) is 23.9. The number of carboxylic acid groups (broad SMARTS) is 1. The lowest BCUT2D eigenvalue weighted by molar-refractivity contribution is -0.146. The summed E-state index contributed by atoms with van der Waals surface area (Å²) in [6.07, 6.45) is -2.71. The Morgan fingerprint density at radius 3 is 2.41 bits per heavy atom. The molecule has 34 heavy (non-hydrogen) atoms. The van der Waals surface area contributed by atoms with Crippen molar-refractivity contribution in [3.05, 3.63) is 94.0 Å². The molecule has 1 heterocycles. The van der Waals surface area contributed by atoms with Gasteiger partial charge in [-0.15, -0.1) is 0 Å². The van der Waals surface area contributed by atoms with Crippen molar-refractivity contribution in [1.82, 2.24) is 5.01 Å². The smallest absolute Gasteiger partial charge is 0.306 e. The van der Waals surface area contributed by atoms with Crippen LogP contribution < -0.4 is 0 Å². The molecular weight excluding hydrogens is 455 g/mol. The molecule has 0 saturated carbocycles. The molecule has 7 heteroatoms. The van der Waals surface area contributed by atoms with Crippen LogP contribution in [0.1, 0.15) is 41.1 Å². The molecule has 1 amide bonds. The van der Waals surface area contributed by atoms with Crippen LogP contribution in [0.15, 0.2) is 71.8 Å². The third kappa shape index (κ3) is 4.87. The first-order valence-electron chi connectivity index (χ1n) is 10.9. The Kier molecular flexibility index (Phi) is 6.80. The zero-order valence-electron chi connectivity index (χ0n) is 18.8. The first kappa shape index (κ1) is 23.6. The number of amides is 1. The highest BCUT2D eigenvalue weighted by atomic mass is 35.5. The fourth-order valence-corrected chi connectivity index (χ4v) is 4.34. The van der Waals surface area contributed by atoms with E-state index in [-0.39, 0.29) is 0 Å². The standard InChI is InChI=1S/C27H24ClFN2O3/c1-16-6-8-18(9-7-16)24-15-23(30-31(24)27(34)22(29)14-25(32)33)21-5-3-4-17(2)26(21)19-10-12-20(28)13-11-19/h3-13,22,24H,14-15H2,1-2H3,(H,32,33). The molecule has 0 aliphatic carbocycles. The number of carbonyl (C=O) groups is 2. The van der Waals surface area contributed by atoms with Crippen LogP contribution in [0.5, 0.6) is 0 Å². The number of halogens is 2. The molecule has 3 aromatic carbocycles. The zero-order chi connectivity index (χ0) is 24.4. The Morgan fingerprint density at radius 1 is 1.09 bits per heavy atom. The van der Waals surface area contributed by atoms with Crippen molar-refractivity contribution in [1.29, 1.82) is 0 Å². The second kappa shape index (κ2) is 9.77. The summed E-state index contributed by atoms with van der Waals surface area (Å²) < 4.78 is 14.6. The van der Waals surface area contributed by atoms with Gasteiger partial charge < -0.3 is 5.11 Å². The molecule has 0 bridgehead atoms. The van der Waals surface area contributed by atoms with E-state index in [2.05, 4.69) is 5.10 Å². The van der Waals surface area contributed by atoms with Gasteiger partial charge in [-0.05, 0) is 48.2 Å². The maximum absolute atomic E-state index is 14.6. The van der Waals surface area contributed by atoms with Crippen LogP contribution in [0.3, 0.4) is 0 Å². The Morgan fingerprint density at radius 2 is 1.76 bits per heavy atom. The van der Waals surface area contributed by atoms with Gasteiger partial charge in [-0.2, -0.15) is 5.10 Å². The molecule has 5 nitrogen and oxygen atoms in total. The van der Waals surface area contributed by atoms with Gasteiger partial charge in [-0.25, -0.2) is 9.40 Å². The van der Waals surface area contributed by atoms with Crippen molar-refractivity contribution < 1.29 is 19.1 Å². The molecular formula is C27H24ClFN2O3. The Labute approximate surface area is 202 Å². The van der Waals surface area contributed by atoms with Crippen LogP contribution in [-0.4, -0.2) is 33.9 Å². The second-order valence-electron chi connectivity index (χ2n) is 8.43. The molecule has 0 aromatic heterocycles. The van der Waals surface area contributed by atoms with Gasteiger partial charge in [0.05, 0.1) is 18.2 Å². The molecule has 1 aliphatic rings. The number of aliphatic carboxylic acids is 1. The maximum Gasteiger partial charge on any atom is 0.306 e. The number of hydrazone groups is 1. The van der Waals surface area contributed by atoms with E-state index < -0.39 is 30.5 Å². The third-order valence-electron chi connectivity index (χ3n) is 5.94. The van der Waals surface area contributed by atoms with Gasteiger partial charge in [-0.3, -0.25) is 9.59 Å². The lowest BCUT2D eigenvalue weighted by atomic mass is 9.90. The van der Waals surface area contributed by atoms with Crippen molar-refractivity contribution in [3.8, 4) is 11.1 Å². The summed E-state index contributed by atoms with van der Waals surface area (Å²) in [6, 6.07) is 20.4. The summed E-state index contributed by atoms with van der Waals surface area (Å²) in [6.45, 7) is 3.95. The number of benzene rings is 3. The van der Waals surface area contributed by atoms with Gasteiger partial charge in [0.25, 0.3) is 5.91 Å². The predicted molar refractivity (Wildman–Crippen MR) is 131 cm³/mol. The Balaban J connectivity index is 1.79. The predicted octanol–water partition coefficient (Wildman–Crippen LogP) is 6.11. The van der Waals surface area contributed by atoms with Crippen LogP contribution >= 0.6 is 11.6 Å². The zero-order valence-corrected chi connectivity index (χ0v) is 19.6. The van der Waals surface area contributed by atoms with E-state index in [9.17, 15) is 14.0 Å². The number of carboxylic acids is 1. The molecule has 2 atom stereocenters. The van der Waals surface area contributed by atoms with Crippen molar-refractivity contribution in [3.63, 3.8) is 0 Å². The Hall–Kier alpha value is -3.51. The molecule has 0 spiro atoms. The van der Waals surface area contributed by atoms with E-state index in [1.54, 1.807) is 0 Å². The van der Waals surface area contributed by atoms with E-state index in [0.29, 0.717) is 17.2 Å². The quantitative estimate of drug-likeness (QED) is 0.464. The van der Waals surface area contributed by atoms with Gasteiger partial charge in [-0.1, -0.05) is 71.8 Å². The van der Waals surface area contributed by atoms with Crippen molar-refractivity contribution in [2.24, 2.45) is 5.10 Å². The summed E-state index contributed by atoms with van der Waals surface area (Å²) >= 11 is 6.08. The van der Waals surface area contributed by atoms with Crippen LogP contribution in [-0.2, 0) is 9.59 Å². The van der Waals surface area contributed by atoms with E-state index >= 15 is 0 Å². The van der Waals surface area contributed by atoms with E-state index in [0.717, 1.165) is 38.4 Å². The highest BCUT2D eigenvalue weighted by Gasteiger charge is 2.38. The molecule has 2 unspecified atom stereocenters. The van der Waals surface area contributed by atoms with Crippen LogP contribution in [0.4, 0.5) is 4.39 Å². The second-order valence-corrected chi connectivity index (χ2v) is 8.87. The van der Waals surface area contributed by atoms with Crippen molar-refractivity contribution >= 4 is 29.2 Å². The van der Waals surface area contributed by atoms with Gasteiger partial charge in [0.1, 0.15) is 0 Å². The topological polar surface area (TPSA) is 70.0 Å². The molecule has 0 radical (unpaired) electrons. The fraction of sp³-hybridized carbons (Fsp3) is 0.222. The lowest BCUT2D eigenvalue weighted by Gasteiger charge is -2.23. The number of aryl methyl sites for hydroxylation is 2. The molecule has 0 fully saturated rings. The summed E-state index contributed by atoms with van der Waals surface area (Å²) in [5.41, 5.74) is 6.26. The van der Waals surface area contributed by atoms with Crippen LogP contribution in [0.2, 0.25) is 5.02 Å². The van der Waals surface area contributed by atoms with E-state index in [4.69, 9.17) is 16.7 Å². The first-order valence-corrected chi connectivity index (χ1v) is 11.3. The number of rotatable bonds is 6. The summed E-state index contributed by atoms with van der Waals surface area (Å²) in [5, 5.41) is 15.3. The van der Waals surface area contributed by atoms with Gasteiger partial charge in [0, 0.05) is 17.0 Å². The average Bonchev–Trinajstić information content (AvgIpc) is 3.24. The van der Waals surface area contributed by atoms with E-state index in [1.807, 2.05) is 80.6 Å². The minimum absolute atomic E-state index is 0.374. The first-order chi connectivity index (χ1) is 16.2. The molecule has 1 N–H and O–H groups in total. The number of nitrogens with zero attached hydrogens (tertiary/aromatic N) is 2. The highest BCUT2D eigenvalue weighted by Crippen LogP contribution is 2.37. The van der Waals surface area contributed by atoms with Gasteiger partial charge in [0.2, 0.25) is 0 Å². The monoisotopic (exact) mass is 478 g/mol. The largest absolute Gasteiger partial charge is 0.481 e. The molecule has 0 saturated heterocycles. The maximum atomic E-state index is 14.6. The molecule has 4 rings (SSSR count). The van der Waals surface area contributed by atoms with Crippen LogP contribution in [0.25, 0.3) is 11.1 Å². The summed E-state index contributed by atoms with van der Waals surface area (Å²) in [7, 11) is 0. The number of hydrogen-bond acceptors (Lipinski definition) is 3. The third-order valence-corrected chi connectivity index (χ3v) is 6.19. The number of carbonyl (C=O) groups excluding carboxylic acids is 1. The van der Waals surface area contributed by atoms with Crippen molar-refractivity contribution in [2.75, 3.05) is 0 Å². The Bertz CT molecular complexity index is 1260. The molecule has 174 valence electrons. The SMILES string of the molecule is Cc1ccc(C2CC(c3cccc(C)c3-c3ccc(Cl)cc3)=NN2C(=O)C(F)CC(=O)O)cc1. The fourth-order valence-electron chi connectivity index (χ4n) is 4.22. The average molecular weight is 479 g/mol. The van der Waals surface area contributed by atoms with Gasteiger partial charge in [0.15, 0.2) is 6.17 Å².